The van der Waals surface area contributed by atoms with Crippen LogP contribution in [0.25, 0.3) is 6.08 Å². The highest BCUT2D eigenvalue weighted by molar-refractivity contribution is 8.18. The van der Waals surface area contributed by atoms with Crippen LogP contribution < -0.4 is 5.32 Å². The van der Waals surface area contributed by atoms with Gasteiger partial charge in [-0.2, -0.15) is 0 Å². The lowest BCUT2D eigenvalue weighted by Crippen LogP contribution is -2.36. The molecule has 1 aliphatic heterocycles. The summed E-state index contributed by atoms with van der Waals surface area (Å²) in [6.07, 6.45) is 4.83. The van der Waals surface area contributed by atoms with Crippen molar-refractivity contribution >= 4 is 40.6 Å². The fourth-order valence-corrected chi connectivity index (χ4v) is 3.37. The lowest BCUT2D eigenvalue weighted by molar-refractivity contribution is -0.127. The Morgan fingerprint density at radius 2 is 1.92 bits per heavy atom. The van der Waals surface area contributed by atoms with E-state index in [0.29, 0.717) is 10.6 Å². The van der Waals surface area contributed by atoms with Crippen LogP contribution in [0, 0.1) is 13.8 Å². The minimum absolute atomic E-state index is 0.292. The summed E-state index contributed by atoms with van der Waals surface area (Å²) in [4.78, 5) is 42.0. The Hall–Kier alpha value is -2.93. The molecule has 3 rings (SSSR count). The highest BCUT2D eigenvalue weighted by atomic mass is 32.2. The first-order chi connectivity index (χ1) is 12.4. The number of nitrogens with zero attached hydrogens (tertiary/aromatic N) is 2. The lowest BCUT2D eigenvalue weighted by atomic mass is 10.1. The van der Waals surface area contributed by atoms with Gasteiger partial charge in [0.25, 0.3) is 11.1 Å². The monoisotopic (exact) mass is 367 g/mol. The zero-order chi connectivity index (χ0) is 18.7. The summed E-state index contributed by atoms with van der Waals surface area (Å²) in [5.41, 5.74) is 3.45. The van der Waals surface area contributed by atoms with Crippen LogP contribution in [0.5, 0.6) is 0 Å². The molecular formula is C19H17N3O3S. The van der Waals surface area contributed by atoms with Crippen LogP contribution in [0.15, 0.2) is 47.6 Å². The Morgan fingerprint density at radius 1 is 1.19 bits per heavy atom. The summed E-state index contributed by atoms with van der Waals surface area (Å²) in [6, 6.07) is 9.12. The third kappa shape index (κ3) is 4.00. The quantitative estimate of drug-likeness (QED) is 0.838. The topological polar surface area (TPSA) is 79.4 Å². The Labute approximate surface area is 155 Å². The second-order valence-corrected chi connectivity index (χ2v) is 6.91. The second-order valence-electron chi connectivity index (χ2n) is 5.91. The zero-order valence-corrected chi connectivity index (χ0v) is 15.2. The third-order valence-electron chi connectivity index (χ3n) is 3.84. The van der Waals surface area contributed by atoms with Crippen LogP contribution in [0.4, 0.5) is 10.5 Å². The van der Waals surface area contributed by atoms with Crippen molar-refractivity contribution < 1.29 is 14.4 Å². The molecule has 3 amide bonds. The number of benzene rings is 1. The molecule has 0 bridgehead atoms. The van der Waals surface area contributed by atoms with E-state index in [9.17, 15) is 14.4 Å². The first-order valence-corrected chi connectivity index (χ1v) is 8.78. The smallest absolute Gasteiger partial charge is 0.294 e. The molecule has 1 N–H and O–H groups in total. The average molecular weight is 367 g/mol. The number of hydrogen-bond acceptors (Lipinski definition) is 5. The largest absolute Gasteiger partial charge is 0.324 e. The SMILES string of the molecule is Cc1ccc(NC(=O)CN2C(=O)S/C(=C/c3ccncc3)C2=O)c(C)c1. The number of carbonyl (C=O) groups is 3. The maximum Gasteiger partial charge on any atom is 0.294 e. The fourth-order valence-electron chi connectivity index (χ4n) is 2.53. The summed E-state index contributed by atoms with van der Waals surface area (Å²) < 4.78 is 0. The van der Waals surface area contributed by atoms with Crippen LogP contribution in [-0.2, 0) is 9.59 Å². The Balaban J connectivity index is 1.69. The molecule has 0 aliphatic carbocycles. The summed E-state index contributed by atoms with van der Waals surface area (Å²) in [5.74, 6) is -0.878. The van der Waals surface area contributed by atoms with Crippen molar-refractivity contribution in [2.24, 2.45) is 0 Å². The van der Waals surface area contributed by atoms with E-state index in [0.717, 1.165) is 33.4 Å². The summed E-state index contributed by atoms with van der Waals surface area (Å²) in [7, 11) is 0. The van der Waals surface area contributed by atoms with E-state index in [2.05, 4.69) is 10.3 Å². The van der Waals surface area contributed by atoms with Crippen molar-refractivity contribution in [1.29, 1.82) is 0 Å². The van der Waals surface area contributed by atoms with Gasteiger partial charge in [-0.1, -0.05) is 17.7 Å². The molecule has 0 saturated carbocycles. The maximum absolute atomic E-state index is 12.4. The van der Waals surface area contributed by atoms with Gasteiger partial charge in [-0.3, -0.25) is 24.3 Å². The fraction of sp³-hybridized carbons (Fsp3) is 0.158. The van der Waals surface area contributed by atoms with Crippen LogP contribution in [0.2, 0.25) is 0 Å². The summed E-state index contributed by atoms with van der Waals surface area (Å²) >= 11 is 0.828. The Bertz CT molecular complexity index is 910. The molecule has 2 heterocycles. The number of imide groups is 1. The molecule has 132 valence electrons. The van der Waals surface area contributed by atoms with E-state index in [1.165, 1.54) is 0 Å². The highest BCUT2D eigenvalue weighted by Crippen LogP contribution is 2.32. The van der Waals surface area contributed by atoms with Gasteiger partial charge in [0.2, 0.25) is 5.91 Å². The van der Waals surface area contributed by atoms with E-state index < -0.39 is 17.1 Å². The normalized spacial score (nSPS) is 15.6. The molecule has 0 atom stereocenters. The molecule has 1 aromatic heterocycles. The number of aryl methyl sites for hydroxylation is 2. The molecule has 0 radical (unpaired) electrons. The van der Waals surface area contributed by atoms with Gasteiger partial charge in [0.05, 0.1) is 4.91 Å². The van der Waals surface area contributed by atoms with Crippen LogP contribution in [0.1, 0.15) is 16.7 Å². The standard InChI is InChI=1S/C19H17N3O3S/c1-12-3-4-15(13(2)9-12)21-17(23)11-22-18(24)16(26-19(22)25)10-14-5-7-20-8-6-14/h3-10H,11H2,1-2H3,(H,21,23)/b16-10+. The number of anilines is 1. The number of nitrogens with one attached hydrogen (secondary N) is 1. The Kier molecular flexibility index (Phi) is 5.18. The van der Waals surface area contributed by atoms with Crippen LogP contribution >= 0.6 is 11.8 Å². The number of thioether (sulfide) groups is 1. The van der Waals surface area contributed by atoms with Gasteiger partial charge in [-0.15, -0.1) is 0 Å². The number of amides is 3. The van der Waals surface area contributed by atoms with E-state index >= 15 is 0 Å². The maximum atomic E-state index is 12.4. The van der Waals surface area contributed by atoms with Gasteiger partial charge in [-0.25, -0.2) is 0 Å². The molecule has 26 heavy (non-hydrogen) atoms. The van der Waals surface area contributed by atoms with E-state index in [4.69, 9.17) is 0 Å². The number of carbonyl (C=O) groups excluding carboxylic acids is 3. The number of hydrogen-bond donors (Lipinski definition) is 1. The molecule has 6 nitrogen and oxygen atoms in total. The minimum atomic E-state index is -0.465. The van der Waals surface area contributed by atoms with Gasteiger partial charge in [0, 0.05) is 18.1 Å². The average Bonchev–Trinajstić information content (AvgIpc) is 2.86. The summed E-state index contributed by atoms with van der Waals surface area (Å²) in [5, 5.41) is 2.30. The number of rotatable bonds is 4. The third-order valence-corrected chi connectivity index (χ3v) is 4.74. The molecule has 1 saturated heterocycles. The van der Waals surface area contributed by atoms with Crippen molar-refractivity contribution in [3.05, 3.63) is 64.3 Å². The van der Waals surface area contributed by atoms with E-state index in [1.807, 2.05) is 26.0 Å². The zero-order valence-electron chi connectivity index (χ0n) is 14.4. The Morgan fingerprint density at radius 3 is 2.62 bits per heavy atom. The van der Waals surface area contributed by atoms with Crippen molar-refractivity contribution in [3.63, 3.8) is 0 Å². The van der Waals surface area contributed by atoms with Gasteiger partial charge >= 0.3 is 0 Å². The van der Waals surface area contributed by atoms with Crippen LogP contribution in [0.3, 0.4) is 0 Å². The first-order valence-electron chi connectivity index (χ1n) is 7.96. The van der Waals surface area contributed by atoms with Gasteiger partial charge in [0.1, 0.15) is 6.54 Å². The number of pyridine rings is 1. The van der Waals surface area contributed by atoms with Crippen molar-refractivity contribution in [2.75, 3.05) is 11.9 Å². The van der Waals surface area contributed by atoms with Crippen LogP contribution in [-0.4, -0.2) is 33.5 Å². The summed E-state index contributed by atoms with van der Waals surface area (Å²) in [6.45, 7) is 3.54. The highest BCUT2D eigenvalue weighted by Gasteiger charge is 2.36. The molecule has 0 unspecified atom stereocenters. The van der Waals surface area contributed by atoms with E-state index in [-0.39, 0.29) is 6.54 Å². The molecule has 1 aliphatic rings. The molecule has 1 fully saturated rings. The van der Waals surface area contributed by atoms with Crippen molar-refractivity contribution in [2.45, 2.75) is 13.8 Å². The molecule has 1 aromatic carbocycles. The number of aromatic nitrogens is 1. The van der Waals surface area contributed by atoms with Gasteiger partial charge in [-0.05, 0) is 61.0 Å². The molecular weight excluding hydrogens is 350 g/mol. The van der Waals surface area contributed by atoms with Crippen molar-refractivity contribution in [1.82, 2.24) is 9.88 Å². The molecule has 0 spiro atoms. The van der Waals surface area contributed by atoms with Crippen molar-refractivity contribution in [3.8, 4) is 0 Å². The molecule has 7 heteroatoms. The van der Waals surface area contributed by atoms with Gasteiger partial charge < -0.3 is 5.32 Å². The van der Waals surface area contributed by atoms with E-state index in [1.54, 1.807) is 36.7 Å². The van der Waals surface area contributed by atoms with Gasteiger partial charge in [0.15, 0.2) is 0 Å². The first kappa shape index (κ1) is 17.9. The predicted octanol–water partition coefficient (Wildman–Crippen LogP) is 3.37. The minimum Gasteiger partial charge on any atom is -0.324 e. The second kappa shape index (κ2) is 7.53. The predicted molar refractivity (Wildman–Crippen MR) is 101 cm³/mol. The molecule has 2 aromatic rings. The lowest BCUT2D eigenvalue weighted by Gasteiger charge is -2.14.